The summed E-state index contributed by atoms with van der Waals surface area (Å²) in [5, 5.41) is 2.54. The lowest BCUT2D eigenvalue weighted by Gasteiger charge is -2.20. The van der Waals surface area contributed by atoms with Crippen LogP contribution in [0.5, 0.6) is 0 Å². The minimum Gasteiger partial charge on any atom is -0.366 e. The molecule has 1 saturated heterocycles. The molecule has 1 aromatic rings. The van der Waals surface area contributed by atoms with E-state index in [4.69, 9.17) is 18.0 Å². The van der Waals surface area contributed by atoms with Gasteiger partial charge < -0.3 is 16.0 Å². The van der Waals surface area contributed by atoms with Crippen molar-refractivity contribution in [3.05, 3.63) is 29.8 Å². The highest BCUT2D eigenvalue weighted by Crippen LogP contribution is 2.21. The van der Waals surface area contributed by atoms with E-state index in [2.05, 4.69) is 10.2 Å². The summed E-state index contributed by atoms with van der Waals surface area (Å²) < 4.78 is 0.782. The zero-order chi connectivity index (χ0) is 16.1. The van der Waals surface area contributed by atoms with E-state index in [1.54, 1.807) is 24.3 Å². The van der Waals surface area contributed by atoms with Crippen molar-refractivity contribution in [3.8, 4) is 0 Å². The van der Waals surface area contributed by atoms with Gasteiger partial charge in [0.1, 0.15) is 4.32 Å². The van der Waals surface area contributed by atoms with Gasteiger partial charge in [0.2, 0.25) is 11.8 Å². The number of nitrogens with zero attached hydrogens (tertiary/aromatic N) is 1. The topological polar surface area (TPSA) is 75.4 Å². The monoisotopic (exact) mass is 337 g/mol. The third-order valence-electron chi connectivity index (χ3n) is 3.45. The summed E-state index contributed by atoms with van der Waals surface area (Å²) in [5.74, 6) is -0.601. The molecule has 5 nitrogen and oxygen atoms in total. The first-order chi connectivity index (χ1) is 10.5. The average molecular weight is 337 g/mol. The summed E-state index contributed by atoms with van der Waals surface area (Å²) in [6.07, 6.45) is 2.32. The lowest BCUT2D eigenvalue weighted by Crippen LogP contribution is -2.29. The number of amides is 2. The molecular weight excluding hydrogens is 318 g/mol. The van der Waals surface area contributed by atoms with Crippen LogP contribution < -0.4 is 11.1 Å². The Kier molecular flexibility index (Phi) is 5.79. The van der Waals surface area contributed by atoms with Crippen molar-refractivity contribution >= 4 is 45.8 Å². The summed E-state index contributed by atoms with van der Waals surface area (Å²) in [5.41, 5.74) is 6.23. The standard InChI is InChI=1S/C15H19N3O2S2/c1-10(22-15(21)18-8-2-3-9-18)14(20)17-12-6-4-11(5-7-12)13(16)19/h4-7,10H,2-3,8-9H2,1H3,(H2,16,19)(H,17,20)/t10-/m1/s1. The number of hydrogen-bond donors (Lipinski definition) is 2. The van der Waals surface area contributed by atoms with Crippen LogP contribution in [0.2, 0.25) is 0 Å². The van der Waals surface area contributed by atoms with Crippen LogP contribution in [0.15, 0.2) is 24.3 Å². The number of nitrogens with one attached hydrogen (secondary N) is 1. The van der Waals surface area contributed by atoms with Crippen LogP contribution in [0.3, 0.4) is 0 Å². The van der Waals surface area contributed by atoms with Gasteiger partial charge in [-0.2, -0.15) is 0 Å². The molecule has 1 aromatic carbocycles. The maximum atomic E-state index is 12.2. The molecule has 118 valence electrons. The second-order valence-corrected chi connectivity index (χ2v) is 7.13. The van der Waals surface area contributed by atoms with Gasteiger partial charge >= 0.3 is 0 Å². The van der Waals surface area contributed by atoms with E-state index in [1.807, 2.05) is 6.92 Å². The van der Waals surface area contributed by atoms with Gasteiger partial charge in [0, 0.05) is 24.3 Å². The number of likely N-dealkylation sites (tertiary alicyclic amines) is 1. The van der Waals surface area contributed by atoms with E-state index in [9.17, 15) is 9.59 Å². The highest BCUT2D eigenvalue weighted by molar-refractivity contribution is 8.23. The van der Waals surface area contributed by atoms with Gasteiger partial charge in [0.15, 0.2) is 0 Å². The zero-order valence-corrected chi connectivity index (χ0v) is 14.0. The largest absolute Gasteiger partial charge is 0.366 e. The van der Waals surface area contributed by atoms with Crippen LogP contribution in [0.4, 0.5) is 5.69 Å². The summed E-state index contributed by atoms with van der Waals surface area (Å²) in [6, 6.07) is 6.50. The summed E-state index contributed by atoms with van der Waals surface area (Å²) in [7, 11) is 0. The predicted octanol–water partition coefficient (Wildman–Crippen LogP) is 2.23. The third-order valence-corrected chi connectivity index (χ3v) is 5.02. The Morgan fingerprint density at radius 2 is 1.86 bits per heavy atom. The summed E-state index contributed by atoms with van der Waals surface area (Å²) >= 11 is 6.78. The van der Waals surface area contributed by atoms with Gasteiger partial charge in [0.05, 0.1) is 5.25 Å². The quantitative estimate of drug-likeness (QED) is 0.824. The fourth-order valence-electron chi connectivity index (χ4n) is 2.14. The van der Waals surface area contributed by atoms with E-state index >= 15 is 0 Å². The molecule has 2 amide bonds. The van der Waals surface area contributed by atoms with E-state index in [-0.39, 0.29) is 11.2 Å². The Morgan fingerprint density at radius 3 is 2.41 bits per heavy atom. The fourth-order valence-corrected chi connectivity index (χ4v) is 3.56. The van der Waals surface area contributed by atoms with Crippen LogP contribution in [0, 0.1) is 0 Å². The van der Waals surface area contributed by atoms with Crippen LogP contribution in [-0.4, -0.2) is 39.4 Å². The van der Waals surface area contributed by atoms with Gasteiger partial charge in [-0.3, -0.25) is 9.59 Å². The molecule has 1 heterocycles. The highest BCUT2D eigenvalue weighted by atomic mass is 32.2. The molecule has 0 bridgehead atoms. The second-order valence-electron chi connectivity index (χ2n) is 5.15. The Hall–Kier alpha value is -1.60. The number of nitrogens with two attached hydrogens (primary N) is 1. The van der Waals surface area contributed by atoms with Crippen molar-refractivity contribution in [2.75, 3.05) is 18.4 Å². The maximum Gasteiger partial charge on any atom is 0.248 e. The zero-order valence-electron chi connectivity index (χ0n) is 12.4. The fraction of sp³-hybridized carbons (Fsp3) is 0.400. The molecule has 3 N–H and O–H groups in total. The molecule has 0 radical (unpaired) electrons. The first-order valence-corrected chi connectivity index (χ1v) is 8.42. The van der Waals surface area contributed by atoms with E-state index < -0.39 is 5.91 Å². The number of primary amides is 1. The van der Waals surface area contributed by atoms with Crippen molar-refractivity contribution in [2.24, 2.45) is 5.73 Å². The minimum absolute atomic E-state index is 0.113. The first-order valence-electron chi connectivity index (χ1n) is 7.13. The van der Waals surface area contributed by atoms with Gasteiger partial charge in [-0.15, -0.1) is 0 Å². The van der Waals surface area contributed by atoms with Crippen LogP contribution >= 0.6 is 24.0 Å². The molecule has 22 heavy (non-hydrogen) atoms. The molecule has 1 aliphatic rings. The van der Waals surface area contributed by atoms with Gasteiger partial charge in [-0.05, 0) is 44.0 Å². The second kappa shape index (κ2) is 7.60. The Balaban J connectivity index is 1.87. The van der Waals surface area contributed by atoms with Crippen molar-refractivity contribution in [2.45, 2.75) is 25.0 Å². The van der Waals surface area contributed by atoms with Crippen molar-refractivity contribution in [3.63, 3.8) is 0 Å². The number of hydrogen-bond acceptors (Lipinski definition) is 4. The lowest BCUT2D eigenvalue weighted by atomic mass is 10.2. The number of carbonyl (C=O) groups is 2. The van der Waals surface area contributed by atoms with Crippen LogP contribution in [0.1, 0.15) is 30.1 Å². The number of benzene rings is 1. The van der Waals surface area contributed by atoms with Crippen LogP contribution in [-0.2, 0) is 4.79 Å². The highest BCUT2D eigenvalue weighted by Gasteiger charge is 2.21. The molecule has 1 fully saturated rings. The summed E-state index contributed by atoms with van der Waals surface area (Å²) in [4.78, 5) is 25.3. The Labute approximate surface area is 139 Å². The van der Waals surface area contributed by atoms with E-state index in [1.165, 1.54) is 11.8 Å². The molecule has 0 aliphatic carbocycles. The predicted molar refractivity (Wildman–Crippen MR) is 94.0 cm³/mol. The molecule has 1 aliphatic heterocycles. The molecular formula is C15H19N3O2S2. The molecule has 0 aromatic heterocycles. The van der Waals surface area contributed by atoms with Gasteiger partial charge in [0.25, 0.3) is 0 Å². The third kappa shape index (κ3) is 4.45. The van der Waals surface area contributed by atoms with E-state index in [0.29, 0.717) is 11.3 Å². The Morgan fingerprint density at radius 1 is 1.27 bits per heavy atom. The molecule has 0 spiro atoms. The number of carbonyl (C=O) groups excluding carboxylic acids is 2. The molecule has 1 atom stereocenters. The van der Waals surface area contributed by atoms with Crippen molar-refractivity contribution in [1.29, 1.82) is 0 Å². The smallest absolute Gasteiger partial charge is 0.248 e. The number of thiocarbonyl (C=S) groups is 1. The van der Waals surface area contributed by atoms with Crippen LogP contribution in [0.25, 0.3) is 0 Å². The number of thioether (sulfide) groups is 1. The minimum atomic E-state index is -0.488. The lowest BCUT2D eigenvalue weighted by molar-refractivity contribution is -0.115. The average Bonchev–Trinajstić information content (AvgIpc) is 3.02. The SMILES string of the molecule is C[C@@H](SC(=S)N1CCCC1)C(=O)Nc1ccc(C(N)=O)cc1. The van der Waals surface area contributed by atoms with Gasteiger partial charge in [-0.1, -0.05) is 24.0 Å². The van der Waals surface area contributed by atoms with E-state index in [0.717, 1.165) is 30.3 Å². The summed E-state index contributed by atoms with van der Waals surface area (Å²) in [6.45, 7) is 3.80. The number of anilines is 1. The van der Waals surface area contributed by atoms with Gasteiger partial charge in [-0.25, -0.2) is 0 Å². The molecule has 2 rings (SSSR count). The first kappa shape index (κ1) is 16.8. The molecule has 0 saturated carbocycles. The Bertz CT molecular complexity index is 569. The molecule has 7 heteroatoms. The maximum absolute atomic E-state index is 12.2. The van der Waals surface area contributed by atoms with Crippen molar-refractivity contribution in [1.82, 2.24) is 4.90 Å². The number of rotatable bonds is 4. The van der Waals surface area contributed by atoms with Crippen molar-refractivity contribution < 1.29 is 9.59 Å². The molecule has 0 unspecified atom stereocenters. The normalized spacial score (nSPS) is 15.4.